The molecule has 0 aliphatic heterocycles. The van der Waals surface area contributed by atoms with Gasteiger partial charge in [0.2, 0.25) is 0 Å². The van der Waals surface area contributed by atoms with Crippen LogP contribution in [0, 0.1) is 18.3 Å². The number of rotatable bonds is 4. The van der Waals surface area contributed by atoms with E-state index in [2.05, 4.69) is 97.1 Å². The summed E-state index contributed by atoms with van der Waals surface area (Å²) in [6.07, 6.45) is 0. The Hall–Kier alpha value is -2.91. The molecule has 0 radical (unpaired) electrons. The first-order valence-electron chi connectivity index (χ1n) is 9.74. The van der Waals surface area contributed by atoms with Crippen molar-refractivity contribution in [3.63, 3.8) is 0 Å². The summed E-state index contributed by atoms with van der Waals surface area (Å²) in [5.41, 5.74) is 2.77. The third kappa shape index (κ3) is 5.80. The van der Waals surface area contributed by atoms with Crippen molar-refractivity contribution in [3.05, 3.63) is 126 Å². The Morgan fingerprint density at radius 3 is 1.47 bits per heavy atom. The predicted octanol–water partition coefficient (Wildman–Crippen LogP) is 6.05. The van der Waals surface area contributed by atoms with Crippen molar-refractivity contribution >= 4 is 35.4 Å². The van der Waals surface area contributed by atoms with Crippen molar-refractivity contribution in [1.82, 2.24) is 0 Å². The molecule has 0 amide bonds. The highest BCUT2D eigenvalue weighted by molar-refractivity contribution is 7.79. The molecule has 0 bridgehead atoms. The number of alkyl halides is 1. The highest BCUT2D eigenvalue weighted by atomic mass is 35.5. The molecule has 0 saturated carbocycles. The summed E-state index contributed by atoms with van der Waals surface area (Å²) in [6, 6.07) is 40.0. The second-order valence-electron chi connectivity index (χ2n) is 6.74. The van der Waals surface area contributed by atoms with Crippen molar-refractivity contribution in [3.8, 4) is 6.07 Å². The molecule has 4 aromatic carbocycles. The number of benzene rings is 4. The second kappa shape index (κ2) is 11.3. The fourth-order valence-corrected chi connectivity index (χ4v) is 5.58. The van der Waals surface area contributed by atoms with Crippen LogP contribution in [0.15, 0.2) is 109 Å². The van der Waals surface area contributed by atoms with Crippen LogP contribution in [0.5, 0.6) is 0 Å². The van der Waals surface area contributed by atoms with E-state index in [4.69, 9.17) is 16.9 Å². The molecule has 0 atom stereocenters. The van der Waals surface area contributed by atoms with Gasteiger partial charge in [0.1, 0.15) is 0 Å². The van der Waals surface area contributed by atoms with E-state index in [-0.39, 0.29) is 0 Å². The highest BCUT2D eigenvalue weighted by Crippen LogP contribution is 2.32. The average molecular weight is 428 g/mol. The first-order chi connectivity index (χ1) is 14.7. The minimum absolute atomic E-state index is 0.446. The predicted molar refractivity (Wildman–Crippen MR) is 131 cm³/mol. The van der Waals surface area contributed by atoms with Crippen molar-refractivity contribution in [1.29, 1.82) is 5.26 Å². The van der Waals surface area contributed by atoms with Crippen molar-refractivity contribution in [2.24, 2.45) is 0 Å². The Kier molecular flexibility index (Phi) is 8.22. The fourth-order valence-electron chi connectivity index (χ4n) is 3.11. The van der Waals surface area contributed by atoms with E-state index in [1.54, 1.807) is 6.07 Å². The van der Waals surface area contributed by atoms with Gasteiger partial charge in [-0.3, -0.25) is 0 Å². The van der Waals surface area contributed by atoms with Gasteiger partial charge in [-0.15, -0.1) is 11.6 Å². The van der Waals surface area contributed by atoms with Crippen LogP contribution in [0.1, 0.15) is 16.7 Å². The van der Waals surface area contributed by atoms with Crippen molar-refractivity contribution in [2.45, 2.75) is 12.8 Å². The molecule has 1 nitrogen and oxygen atoms in total. The van der Waals surface area contributed by atoms with Crippen LogP contribution in [0.4, 0.5) is 0 Å². The van der Waals surface area contributed by atoms with Crippen molar-refractivity contribution < 1.29 is 0 Å². The SMILES string of the molecule is Cc1cc(CCl)ccc1C#N.c1ccc(P(c2ccccc2)c2ccccc2)cc1. The fraction of sp³-hybridized carbons (Fsp3) is 0.0741. The smallest absolute Gasteiger partial charge is 0.0994 e. The Balaban J connectivity index is 0.000000199. The zero-order valence-corrected chi connectivity index (χ0v) is 18.5. The monoisotopic (exact) mass is 427 g/mol. The first-order valence-corrected chi connectivity index (χ1v) is 11.6. The van der Waals surface area contributed by atoms with Crippen LogP contribution in [-0.4, -0.2) is 0 Å². The normalized spacial score (nSPS) is 10.1. The molecule has 0 fully saturated rings. The van der Waals surface area contributed by atoms with Gasteiger partial charge in [-0.05, 0) is 48.0 Å². The van der Waals surface area contributed by atoms with E-state index in [0.717, 1.165) is 16.7 Å². The first kappa shape index (κ1) is 21.8. The van der Waals surface area contributed by atoms with Crippen LogP contribution in [0.25, 0.3) is 0 Å². The maximum Gasteiger partial charge on any atom is 0.0994 e. The lowest BCUT2D eigenvalue weighted by molar-refractivity contribution is 1.32. The molecule has 0 heterocycles. The molecule has 0 unspecified atom stereocenters. The largest absolute Gasteiger partial charge is 0.192 e. The van der Waals surface area contributed by atoms with E-state index in [0.29, 0.717) is 5.88 Å². The van der Waals surface area contributed by atoms with Crippen LogP contribution in [-0.2, 0) is 5.88 Å². The van der Waals surface area contributed by atoms with Crippen LogP contribution in [0.3, 0.4) is 0 Å². The van der Waals surface area contributed by atoms with Gasteiger partial charge >= 0.3 is 0 Å². The molecule has 4 aromatic rings. The van der Waals surface area contributed by atoms with Crippen LogP contribution >= 0.6 is 19.5 Å². The van der Waals surface area contributed by atoms with Crippen LogP contribution < -0.4 is 15.9 Å². The molecular weight excluding hydrogens is 405 g/mol. The molecule has 0 N–H and O–H groups in total. The van der Waals surface area contributed by atoms with Gasteiger partial charge < -0.3 is 0 Å². The lowest BCUT2D eigenvalue weighted by Gasteiger charge is -2.18. The molecule has 0 spiro atoms. The molecule has 0 aromatic heterocycles. The minimum atomic E-state index is -0.446. The summed E-state index contributed by atoms with van der Waals surface area (Å²) >= 11 is 5.61. The summed E-state index contributed by atoms with van der Waals surface area (Å²) in [5.74, 6) is 0.506. The van der Waals surface area contributed by atoms with Gasteiger partial charge in [0.15, 0.2) is 0 Å². The highest BCUT2D eigenvalue weighted by Gasteiger charge is 2.14. The number of hydrogen-bond donors (Lipinski definition) is 0. The standard InChI is InChI=1S/C18H15P.C9H8ClN/c1-4-10-16(11-5-1)19(17-12-6-2-7-13-17)18-14-8-3-9-15-18;1-7-4-8(5-10)2-3-9(7)6-11/h1-15H;2-4H,5H2,1H3. The Labute approximate surface area is 185 Å². The summed E-state index contributed by atoms with van der Waals surface area (Å²) < 4.78 is 0. The number of nitrogens with zero attached hydrogens (tertiary/aromatic N) is 1. The Morgan fingerprint density at radius 1 is 0.700 bits per heavy atom. The molecule has 30 heavy (non-hydrogen) atoms. The summed E-state index contributed by atoms with van der Waals surface area (Å²) in [4.78, 5) is 0. The molecule has 0 aliphatic rings. The number of hydrogen-bond acceptors (Lipinski definition) is 1. The lowest BCUT2D eigenvalue weighted by atomic mass is 10.1. The molecule has 0 aliphatic carbocycles. The third-order valence-electron chi connectivity index (χ3n) is 4.61. The second-order valence-corrected chi connectivity index (χ2v) is 9.22. The quantitative estimate of drug-likeness (QED) is 0.287. The Morgan fingerprint density at radius 2 is 1.13 bits per heavy atom. The summed E-state index contributed by atoms with van der Waals surface area (Å²) in [5, 5.41) is 12.8. The van der Waals surface area contributed by atoms with E-state index in [1.807, 2.05) is 19.1 Å². The van der Waals surface area contributed by atoms with Gasteiger partial charge in [-0.25, -0.2) is 0 Å². The van der Waals surface area contributed by atoms with Gasteiger partial charge in [-0.2, -0.15) is 5.26 Å². The summed E-state index contributed by atoms with van der Waals surface area (Å²) in [7, 11) is -0.446. The van der Waals surface area contributed by atoms with E-state index >= 15 is 0 Å². The zero-order valence-electron chi connectivity index (χ0n) is 16.9. The minimum Gasteiger partial charge on any atom is -0.192 e. The number of aryl methyl sites for hydroxylation is 1. The average Bonchev–Trinajstić information content (AvgIpc) is 2.82. The van der Waals surface area contributed by atoms with Gasteiger partial charge in [0, 0.05) is 5.88 Å². The maximum absolute atomic E-state index is 8.60. The Bertz CT molecular complexity index is 996. The maximum atomic E-state index is 8.60. The topological polar surface area (TPSA) is 23.8 Å². The summed E-state index contributed by atoms with van der Waals surface area (Å²) in [6.45, 7) is 1.91. The lowest BCUT2D eigenvalue weighted by Crippen LogP contribution is -2.20. The van der Waals surface area contributed by atoms with Crippen LogP contribution in [0.2, 0.25) is 0 Å². The van der Waals surface area contributed by atoms with E-state index in [9.17, 15) is 0 Å². The van der Waals surface area contributed by atoms with Gasteiger partial charge in [-0.1, -0.05) is 103 Å². The number of halogens is 1. The van der Waals surface area contributed by atoms with Gasteiger partial charge in [0.05, 0.1) is 11.6 Å². The van der Waals surface area contributed by atoms with Crippen molar-refractivity contribution in [2.75, 3.05) is 0 Å². The van der Waals surface area contributed by atoms with E-state index in [1.165, 1.54) is 15.9 Å². The third-order valence-corrected chi connectivity index (χ3v) is 7.36. The number of nitriles is 1. The van der Waals surface area contributed by atoms with E-state index < -0.39 is 7.92 Å². The molecular formula is C27H23ClNP. The molecule has 3 heteroatoms. The molecule has 148 valence electrons. The van der Waals surface area contributed by atoms with Gasteiger partial charge in [0.25, 0.3) is 0 Å². The molecule has 4 rings (SSSR count). The molecule has 0 saturated heterocycles. The zero-order chi connectivity index (χ0) is 21.2.